The molecule has 0 amide bonds. The van der Waals surface area contributed by atoms with E-state index in [0.717, 1.165) is 12.8 Å². The first-order chi connectivity index (χ1) is 10.8. The van der Waals surface area contributed by atoms with Crippen molar-refractivity contribution in [2.75, 3.05) is 0 Å². The normalized spacial score (nSPS) is 21.2. The smallest absolute Gasteiger partial charge is 0.266 e. The zero-order chi connectivity index (χ0) is 16.6. The van der Waals surface area contributed by atoms with E-state index < -0.39 is 0 Å². The Labute approximate surface area is 135 Å². The first kappa shape index (κ1) is 16.0. The molecule has 1 aliphatic rings. The van der Waals surface area contributed by atoms with E-state index in [2.05, 4.69) is 0 Å². The van der Waals surface area contributed by atoms with Gasteiger partial charge in [-0.3, -0.25) is 9.48 Å². The Morgan fingerprint density at radius 2 is 1.91 bits per heavy atom. The van der Waals surface area contributed by atoms with Gasteiger partial charge in [0.2, 0.25) is 0 Å². The molecule has 1 aromatic carbocycles. The third-order valence-corrected chi connectivity index (χ3v) is 4.12. The van der Waals surface area contributed by atoms with Crippen LogP contribution in [0.3, 0.4) is 0 Å². The van der Waals surface area contributed by atoms with Gasteiger partial charge >= 0.3 is 0 Å². The maximum absolute atomic E-state index is 14.0. The Balaban J connectivity index is 1.72. The zero-order valence-corrected chi connectivity index (χ0v) is 13.8. The lowest BCUT2D eigenvalue weighted by Gasteiger charge is -2.39. The van der Waals surface area contributed by atoms with Crippen LogP contribution in [-0.4, -0.2) is 21.1 Å². The largest absolute Gasteiger partial charge is 0.373 e. The van der Waals surface area contributed by atoms with Gasteiger partial charge in [-0.05, 0) is 51.7 Å². The molecule has 0 radical (unpaired) electrons. The number of rotatable bonds is 4. The number of hydrogen-bond acceptors (Lipinski definition) is 2. The SMILES string of the molecule is CC(C)(C)OC1CC(Cn2c(=O)ccn2-c2ccccc2F)C1. The second kappa shape index (κ2) is 5.96. The van der Waals surface area contributed by atoms with Gasteiger partial charge in [0.25, 0.3) is 5.56 Å². The summed E-state index contributed by atoms with van der Waals surface area (Å²) in [4.78, 5) is 12.1. The molecule has 1 saturated carbocycles. The van der Waals surface area contributed by atoms with Crippen LogP contribution in [0.5, 0.6) is 0 Å². The van der Waals surface area contributed by atoms with Crippen molar-refractivity contribution in [3.05, 3.63) is 52.7 Å². The highest BCUT2D eigenvalue weighted by molar-refractivity contribution is 5.32. The van der Waals surface area contributed by atoms with Gasteiger partial charge in [-0.2, -0.15) is 0 Å². The summed E-state index contributed by atoms with van der Waals surface area (Å²) in [6, 6.07) is 7.97. The average Bonchev–Trinajstić information content (AvgIpc) is 2.77. The molecule has 124 valence electrons. The quantitative estimate of drug-likeness (QED) is 0.866. The van der Waals surface area contributed by atoms with Crippen molar-refractivity contribution < 1.29 is 9.13 Å². The summed E-state index contributed by atoms with van der Waals surface area (Å²) in [5.41, 5.74) is 0.157. The standard InChI is InChI=1S/C18H23FN2O2/c1-18(2,3)23-14-10-13(11-14)12-21-17(22)8-9-20(21)16-7-5-4-6-15(16)19/h4-9,13-14H,10-12H2,1-3H3. The lowest BCUT2D eigenvalue weighted by Crippen LogP contribution is -2.40. The summed E-state index contributed by atoms with van der Waals surface area (Å²) in [5.74, 6) is 0.0554. The second-order valence-electron chi connectivity index (χ2n) is 7.22. The summed E-state index contributed by atoms with van der Waals surface area (Å²) in [7, 11) is 0. The Kier molecular flexibility index (Phi) is 4.15. The number of ether oxygens (including phenoxy) is 1. The summed E-state index contributed by atoms with van der Waals surface area (Å²) in [6.45, 7) is 6.74. The molecule has 23 heavy (non-hydrogen) atoms. The number of benzene rings is 1. The van der Waals surface area contributed by atoms with Gasteiger partial charge in [0.1, 0.15) is 5.82 Å². The van der Waals surface area contributed by atoms with Gasteiger partial charge in [0.05, 0.1) is 17.4 Å². The Bertz CT molecular complexity index is 736. The van der Waals surface area contributed by atoms with Crippen molar-refractivity contribution in [3.63, 3.8) is 0 Å². The van der Waals surface area contributed by atoms with Crippen LogP contribution in [0.1, 0.15) is 33.6 Å². The number of halogens is 1. The van der Waals surface area contributed by atoms with E-state index in [1.807, 2.05) is 20.8 Å². The number of hydrogen-bond donors (Lipinski definition) is 0. The van der Waals surface area contributed by atoms with Crippen LogP contribution in [0.25, 0.3) is 5.69 Å². The number of nitrogens with zero attached hydrogens (tertiary/aromatic N) is 2. The molecule has 0 unspecified atom stereocenters. The van der Waals surface area contributed by atoms with Crippen LogP contribution in [0.2, 0.25) is 0 Å². The van der Waals surface area contributed by atoms with Crippen LogP contribution in [-0.2, 0) is 11.3 Å². The fourth-order valence-corrected chi connectivity index (χ4v) is 3.10. The van der Waals surface area contributed by atoms with E-state index in [1.165, 1.54) is 12.1 Å². The predicted octanol–water partition coefficient (Wildman–Crippen LogP) is 3.37. The van der Waals surface area contributed by atoms with Gasteiger partial charge in [-0.15, -0.1) is 0 Å². The molecular formula is C18H23FN2O2. The summed E-state index contributed by atoms with van der Waals surface area (Å²) < 4.78 is 23.1. The Morgan fingerprint density at radius 3 is 2.57 bits per heavy atom. The van der Waals surface area contributed by atoms with Crippen molar-refractivity contribution in [3.8, 4) is 5.69 Å². The van der Waals surface area contributed by atoms with Crippen LogP contribution in [0, 0.1) is 11.7 Å². The second-order valence-corrected chi connectivity index (χ2v) is 7.22. The minimum atomic E-state index is -0.334. The van der Waals surface area contributed by atoms with E-state index >= 15 is 0 Å². The molecule has 5 heteroatoms. The number of para-hydroxylation sites is 1. The van der Waals surface area contributed by atoms with Crippen LogP contribution < -0.4 is 5.56 Å². The fraction of sp³-hybridized carbons (Fsp3) is 0.500. The third kappa shape index (κ3) is 3.55. The van der Waals surface area contributed by atoms with Crippen molar-refractivity contribution in [2.45, 2.75) is 51.9 Å². The molecule has 4 nitrogen and oxygen atoms in total. The minimum Gasteiger partial charge on any atom is -0.373 e. The van der Waals surface area contributed by atoms with E-state index in [1.54, 1.807) is 33.8 Å². The van der Waals surface area contributed by atoms with E-state index in [0.29, 0.717) is 18.2 Å². The molecule has 0 saturated heterocycles. The minimum absolute atomic E-state index is 0.103. The van der Waals surface area contributed by atoms with Crippen molar-refractivity contribution in [1.29, 1.82) is 0 Å². The average molecular weight is 318 g/mol. The molecule has 0 aliphatic heterocycles. The monoisotopic (exact) mass is 318 g/mol. The highest BCUT2D eigenvalue weighted by Gasteiger charge is 2.33. The maximum Gasteiger partial charge on any atom is 0.266 e. The van der Waals surface area contributed by atoms with Crippen molar-refractivity contribution >= 4 is 0 Å². The first-order valence-corrected chi connectivity index (χ1v) is 8.05. The lowest BCUT2D eigenvalue weighted by atomic mass is 9.82. The Morgan fingerprint density at radius 1 is 1.22 bits per heavy atom. The van der Waals surface area contributed by atoms with E-state index in [4.69, 9.17) is 4.74 Å². The highest BCUT2D eigenvalue weighted by Crippen LogP contribution is 2.34. The topological polar surface area (TPSA) is 36.2 Å². The van der Waals surface area contributed by atoms with E-state index in [-0.39, 0.29) is 23.1 Å². The molecule has 0 atom stereocenters. The molecule has 0 spiro atoms. The third-order valence-electron chi connectivity index (χ3n) is 4.12. The fourth-order valence-electron chi connectivity index (χ4n) is 3.10. The Hall–Kier alpha value is -1.88. The first-order valence-electron chi connectivity index (χ1n) is 8.05. The number of aromatic nitrogens is 2. The summed E-state index contributed by atoms with van der Waals surface area (Å²) in [6.07, 6.45) is 3.76. The van der Waals surface area contributed by atoms with Gasteiger partial charge in [-0.25, -0.2) is 9.07 Å². The van der Waals surface area contributed by atoms with E-state index in [9.17, 15) is 9.18 Å². The maximum atomic E-state index is 14.0. The molecule has 1 aromatic heterocycles. The van der Waals surface area contributed by atoms with Gasteiger partial charge in [-0.1, -0.05) is 12.1 Å². The van der Waals surface area contributed by atoms with Crippen LogP contribution >= 0.6 is 0 Å². The summed E-state index contributed by atoms with van der Waals surface area (Å²) in [5, 5.41) is 0. The van der Waals surface area contributed by atoms with Crippen molar-refractivity contribution in [2.24, 2.45) is 5.92 Å². The molecule has 2 aromatic rings. The molecule has 0 N–H and O–H groups in total. The molecule has 1 aliphatic carbocycles. The van der Waals surface area contributed by atoms with Crippen LogP contribution in [0.4, 0.5) is 4.39 Å². The lowest BCUT2D eigenvalue weighted by molar-refractivity contribution is -0.114. The summed E-state index contributed by atoms with van der Waals surface area (Å²) >= 11 is 0. The van der Waals surface area contributed by atoms with Crippen molar-refractivity contribution in [1.82, 2.24) is 9.36 Å². The molecule has 3 rings (SSSR count). The predicted molar refractivity (Wildman–Crippen MR) is 87.3 cm³/mol. The molecular weight excluding hydrogens is 295 g/mol. The zero-order valence-electron chi connectivity index (χ0n) is 13.8. The van der Waals surface area contributed by atoms with Gasteiger partial charge < -0.3 is 4.74 Å². The molecule has 1 fully saturated rings. The van der Waals surface area contributed by atoms with Crippen LogP contribution in [0.15, 0.2) is 41.3 Å². The van der Waals surface area contributed by atoms with Gasteiger partial charge in [0, 0.05) is 18.8 Å². The highest BCUT2D eigenvalue weighted by atomic mass is 19.1. The molecule has 1 heterocycles. The van der Waals surface area contributed by atoms with Gasteiger partial charge in [0.15, 0.2) is 0 Å². The molecule has 0 bridgehead atoms.